The summed E-state index contributed by atoms with van der Waals surface area (Å²) in [4.78, 5) is 37.9. The van der Waals surface area contributed by atoms with Crippen molar-refractivity contribution in [1.82, 2.24) is 14.1 Å². The maximum atomic E-state index is 11.9. The van der Waals surface area contributed by atoms with Crippen LogP contribution in [0.4, 0.5) is 11.5 Å². The lowest BCUT2D eigenvalue weighted by Gasteiger charge is -2.09. The van der Waals surface area contributed by atoms with E-state index in [2.05, 4.69) is 20.7 Å². The molecule has 3 aromatic rings. The van der Waals surface area contributed by atoms with Crippen LogP contribution in [0.15, 0.2) is 50.3 Å². The van der Waals surface area contributed by atoms with E-state index in [1.165, 1.54) is 20.3 Å². The lowest BCUT2D eigenvalue weighted by atomic mass is 10.2. The molecule has 0 saturated carbocycles. The number of anilines is 1. The zero-order chi connectivity index (χ0) is 17.3. The van der Waals surface area contributed by atoms with E-state index < -0.39 is 16.9 Å². The summed E-state index contributed by atoms with van der Waals surface area (Å²) < 4.78 is 1.91. The third-order valence-electron chi connectivity index (χ3n) is 3.73. The average molecular weight is 363 g/mol. The van der Waals surface area contributed by atoms with E-state index in [1.807, 2.05) is 24.3 Å². The van der Waals surface area contributed by atoms with Crippen LogP contribution < -0.4 is 16.7 Å². The van der Waals surface area contributed by atoms with Crippen LogP contribution in [0.3, 0.4) is 0 Å². The van der Waals surface area contributed by atoms with Gasteiger partial charge in [0.25, 0.3) is 5.56 Å². The molecule has 0 aliphatic carbocycles. The molecule has 0 fully saturated rings. The van der Waals surface area contributed by atoms with Crippen molar-refractivity contribution in [2.24, 2.45) is 24.4 Å². The number of hydrogen-bond acceptors (Lipinski definition) is 6. The molecular weight excluding hydrogens is 348 g/mol. The smallest absolute Gasteiger partial charge is 0.332 e. The highest BCUT2D eigenvalue weighted by atomic mass is 35.5. The zero-order valence-corrected chi connectivity index (χ0v) is 14.2. The molecule has 130 valence electrons. The third-order valence-corrected chi connectivity index (χ3v) is 3.73. The number of benzene rings is 1. The Balaban J connectivity index is 0.00000225. The monoisotopic (exact) mass is 362 g/mol. The summed E-state index contributed by atoms with van der Waals surface area (Å²) in [6.07, 6.45) is 3.30. The second-order valence-corrected chi connectivity index (χ2v) is 5.15. The number of halogens is 1. The molecule has 1 aromatic carbocycles. The molecule has 0 amide bonds. The number of H-pyrrole nitrogens is 1. The van der Waals surface area contributed by atoms with Gasteiger partial charge in [-0.15, -0.1) is 17.3 Å². The number of rotatable bonds is 4. The normalized spacial score (nSPS) is 10.8. The summed E-state index contributed by atoms with van der Waals surface area (Å²) in [7, 11) is 2.69. The van der Waals surface area contributed by atoms with Gasteiger partial charge in [0.05, 0.1) is 6.21 Å². The van der Waals surface area contributed by atoms with Gasteiger partial charge in [-0.05, 0) is 11.2 Å². The molecule has 3 rings (SSSR count). The van der Waals surface area contributed by atoms with Crippen LogP contribution in [0.1, 0.15) is 5.56 Å². The van der Waals surface area contributed by atoms with Crippen molar-refractivity contribution >= 4 is 41.0 Å². The third kappa shape index (κ3) is 3.09. The van der Waals surface area contributed by atoms with Crippen LogP contribution in [0.2, 0.25) is 0 Å². The van der Waals surface area contributed by atoms with Crippen molar-refractivity contribution in [2.45, 2.75) is 0 Å². The fourth-order valence-electron chi connectivity index (χ4n) is 2.40. The lowest BCUT2D eigenvalue weighted by Crippen LogP contribution is -2.37. The van der Waals surface area contributed by atoms with Crippen LogP contribution in [-0.2, 0) is 14.1 Å². The van der Waals surface area contributed by atoms with Crippen molar-refractivity contribution in [2.75, 3.05) is 5.43 Å². The van der Waals surface area contributed by atoms with Gasteiger partial charge in [0, 0.05) is 36.8 Å². The molecular formula is C15H15ClN6O3. The molecule has 9 nitrogen and oxygen atoms in total. The highest BCUT2D eigenvalue weighted by Gasteiger charge is 2.15. The Labute approximate surface area is 147 Å². The highest BCUT2D eigenvalue weighted by Crippen LogP contribution is 2.18. The summed E-state index contributed by atoms with van der Waals surface area (Å²) in [5, 5.41) is 7.69. The fraction of sp³-hybridized carbons (Fsp3) is 0.133. The van der Waals surface area contributed by atoms with Gasteiger partial charge in [-0.25, -0.2) is 4.79 Å². The summed E-state index contributed by atoms with van der Waals surface area (Å²) >= 11 is 0. The predicted molar refractivity (Wildman–Crippen MR) is 99.1 cm³/mol. The number of hydrogen-bond donors (Lipinski definition) is 2. The molecule has 0 radical (unpaired) electrons. The molecule has 0 unspecified atom stereocenters. The van der Waals surface area contributed by atoms with Crippen molar-refractivity contribution in [3.8, 4) is 0 Å². The SMILES string of the molecule is Cl.Cn1c(N/N=C/c2c[nH]c3ccccc23)c(N=O)c(=O)n(C)c1=O. The maximum Gasteiger partial charge on any atom is 0.332 e. The first-order valence-electron chi connectivity index (χ1n) is 7.03. The molecule has 2 heterocycles. The first-order chi connectivity index (χ1) is 11.5. The molecule has 0 aliphatic rings. The highest BCUT2D eigenvalue weighted by molar-refractivity contribution is 5.99. The average Bonchev–Trinajstić information content (AvgIpc) is 3.01. The molecule has 0 saturated heterocycles. The van der Waals surface area contributed by atoms with Gasteiger partial charge in [-0.2, -0.15) is 5.10 Å². The standard InChI is InChI=1S/C15H14N6O3.ClH/c1-20-13(12(19-24)14(22)21(2)15(20)23)18-17-8-9-7-16-11-6-4-3-5-10(9)11;/h3-8,16,18H,1-2H3;1H/b17-8+;. The molecule has 0 spiro atoms. The van der Waals surface area contributed by atoms with Crippen LogP contribution in [0.5, 0.6) is 0 Å². The number of nitrogens with zero attached hydrogens (tertiary/aromatic N) is 4. The van der Waals surface area contributed by atoms with E-state index in [-0.39, 0.29) is 18.2 Å². The minimum absolute atomic E-state index is 0. The summed E-state index contributed by atoms with van der Waals surface area (Å²) in [5.41, 5.74) is 2.55. The first-order valence-corrected chi connectivity index (χ1v) is 7.03. The van der Waals surface area contributed by atoms with Crippen molar-refractivity contribution in [3.05, 3.63) is 61.8 Å². The largest absolute Gasteiger partial charge is 0.361 e. The van der Waals surface area contributed by atoms with Crippen molar-refractivity contribution < 1.29 is 0 Å². The maximum absolute atomic E-state index is 11.9. The molecule has 2 N–H and O–H groups in total. The van der Waals surface area contributed by atoms with Gasteiger partial charge >= 0.3 is 5.69 Å². The number of aromatic nitrogens is 3. The number of aromatic amines is 1. The van der Waals surface area contributed by atoms with Gasteiger partial charge < -0.3 is 4.98 Å². The van der Waals surface area contributed by atoms with Crippen LogP contribution in [0, 0.1) is 4.91 Å². The van der Waals surface area contributed by atoms with Gasteiger partial charge in [0.1, 0.15) is 0 Å². The second kappa shape index (κ2) is 7.14. The van der Waals surface area contributed by atoms with Gasteiger partial charge in [0.2, 0.25) is 5.69 Å². The van der Waals surface area contributed by atoms with Crippen LogP contribution >= 0.6 is 12.4 Å². The predicted octanol–water partition coefficient (Wildman–Crippen LogP) is 1.83. The van der Waals surface area contributed by atoms with Gasteiger partial charge in [0.15, 0.2) is 5.82 Å². The minimum atomic E-state index is -0.780. The van der Waals surface area contributed by atoms with E-state index >= 15 is 0 Å². The van der Waals surface area contributed by atoms with Gasteiger partial charge in [-0.3, -0.25) is 19.4 Å². The Morgan fingerprint density at radius 3 is 2.60 bits per heavy atom. The van der Waals surface area contributed by atoms with Crippen molar-refractivity contribution in [3.63, 3.8) is 0 Å². The molecule has 0 atom stereocenters. The lowest BCUT2D eigenvalue weighted by molar-refractivity contribution is 0.691. The van der Waals surface area contributed by atoms with E-state index in [0.717, 1.165) is 25.6 Å². The molecule has 2 aromatic heterocycles. The Morgan fingerprint density at radius 2 is 1.88 bits per heavy atom. The Hall–Kier alpha value is -3.20. The first kappa shape index (κ1) is 18.1. The molecule has 0 aliphatic heterocycles. The van der Waals surface area contributed by atoms with Crippen LogP contribution in [0.25, 0.3) is 10.9 Å². The number of para-hydroxylation sites is 1. The summed E-state index contributed by atoms with van der Waals surface area (Å²) in [6.45, 7) is 0. The minimum Gasteiger partial charge on any atom is -0.361 e. The van der Waals surface area contributed by atoms with Crippen LogP contribution in [-0.4, -0.2) is 20.3 Å². The van der Waals surface area contributed by atoms with E-state index in [4.69, 9.17) is 0 Å². The van der Waals surface area contributed by atoms with Crippen molar-refractivity contribution in [1.29, 1.82) is 0 Å². The summed E-state index contributed by atoms with van der Waals surface area (Å²) in [6, 6.07) is 7.67. The molecule has 0 bridgehead atoms. The Kier molecular flexibility index (Phi) is 5.18. The number of nitroso groups, excluding NO2 is 1. The number of fused-ring (bicyclic) bond motifs is 1. The van der Waals surface area contributed by atoms with E-state index in [9.17, 15) is 14.5 Å². The van der Waals surface area contributed by atoms with E-state index in [1.54, 1.807) is 6.20 Å². The molecule has 10 heteroatoms. The zero-order valence-electron chi connectivity index (χ0n) is 13.4. The number of hydrazone groups is 1. The quantitative estimate of drug-likeness (QED) is 0.418. The fourth-order valence-corrected chi connectivity index (χ4v) is 2.40. The van der Waals surface area contributed by atoms with Gasteiger partial charge in [-0.1, -0.05) is 18.2 Å². The summed E-state index contributed by atoms with van der Waals surface area (Å²) in [5.74, 6) is -0.0609. The topological polar surface area (TPSA) is 114 Å². The molecule has 25 heavy (non-hydrogen) atoms. The Bertz CT molecular complexity index is 1080. The number of nitrogens with one attached hydrogen (secondary N) is 2. The Morgan fingerprint density at radius 1 is 1.16 bits per heavy atom. The van der Waals surface area contributed by atoms with E-state index in [0.29, 0.717) is 0 Å². The second-order valence-electron chi connectivity index (χ2n) is 5.15.